The Bertz CT molecular complexity index is 796. The molecule has 1 saturated carbocycles. The van der Waals surface area contributed by atoms with E-state index in [1.54, 1.807) is 6.07 Å². The third-order valence-corrected chi connectivity index (χ3v) is 3.49. The van der Waals surface area contributed by atoms with Crippen molar-refractivity contribution >= 4 is 17.0 Å². The second-order valence-corrected chi connectivity index (χ2v) is 5.31. The Morgan fingerprint density at radius 2 is 2.19 bits per heavy atom. The van der Waals surface area contributed by atoms with Crippen LogP contribution in [0.3, 0.4) is 0 Å². The first-order valence-corrected chi connectivity index (χ1v) is 6.94. The molecule has 0 unspecified atom stereocenters. The van der Waals surface area contributed by atoms with Gasteiger partial charge in [0, 0.05) is 6.07 Å². The van der Waals surface area contributed by atoms with Crippen molar-refractivity contribution in [1.82, 2.24) is 19.7 Å². The maximum atomic E-state index is 11.8. The van der Waals surface area contributed by atoms with Gasteiger partial charge in [-0.1, -0.05) is 12.1 Å². The SMILES string of the molecule is Cc1cc(OC(=O)C2CC2)n(-c2nc3ccccc3[nH]2)n1. The molecule has 0 radical (unpaired) electrons. The molecule has 0 aliphatic heterocycles. The number of carbonyl (C=O) groups is 1. The van der Waals surface area contributed by atoms with Crippen molar-refractivity contribution < 1.29 is 9.53 Å². The summed E-state index contributed by atoms with van der Waals surface area (Å²) in [5.41, 5.74) is 2.54. The van der Waals surface area contributed by atoms with Crippen molar-refractivity contribution in [3.8, 4) is 11.8 Å². The molecule has 1 aromatic carbocycles. The number of aromatic amines is 1. The Morgan fingerprint density at radius 3 is 2.95 bits per heavy atom. The van der Waals surface area contributed by atoms with Gasteiger partial charge in [-0.2, -0.15) is 9.78 Å². The standard InChI is InChI=1S/C15H14N4O2/c1-9-8-13(21-14(20)10-6-7-10)19(18-9)15-16-11-4-2-3-5-12(11)17-15/h2-5,8,10H,6-7H2,1H3,(H,16,17). The average Bonchev–Trinajstić information content (AvgIpc) is 3.13. The van der Waals surface area contributed by atoms with E-state index in [9.17, 15) is 4.79 Å². The molecule has 6 heteroatoms. The highest BCUT2D eigenvalue weighted by molar-refractivity contribution is 5.78. The third kappa shape index (κ3) is 2.18. The van der Waals surface area contributed by atoms with Crippen molar-refractivity contribution in [3.05, 3.63) is 36.0 Å². The van der Waals surface area contributed by atoms with Gasteiger partial charge in [0.2, 0.25) is 11.8 Å². The van der Waals surface area contributed by atoms with Crippen LogP contribution in [0.25, 0.3) is 17.0 Å². The number of aryl methyl sites for hydroxylation is 1. The van der Waals surface area contributed by atoms with Gasteiger partial charge in [0.15, 0.2) is 0 Å². The second kappa shape index (κ2) is 4.44. The lowest BCUT2D eigenvalue weighted by Crippen LogP contribution is -2.13. The van der Waals surface area contributed by atoms with Gasteiger partial charge >= 0.3 is 5.97 Å². The monoisotopic (exact) mass is 282 g/mol. The molecule has 3 aromatic rings. The summed E-state index contributed by atoms with van der Waals surface area (Å²) in [5, 5.41) is 4.35. The van der Waals surface area contributed by atoms with Crippen molar-refractivity contribution in [2.24, 2.45) is 5.92 Å². The van der Waals surface area contributed by atoms with E-state index in [0.717, 1.165) is 29.6 Å². The van der Waals surface area contributed by atoms with E-state index in [2.05, 4.69) is 15.1 Å². The molecular formula is C15H14N4O2. The summed E-state index contributed by atoms with van der Waals surface area (Å²) >= 11 is 0. The molecule has 1 aliphatic rings. The highest BCUT2D eigenvalue weighted by atomic mass is 16.5. The Kier molecular flexibility index (Phi) is 2.57. The van der Waals surface area contributed by atoms with Crippen molar-refractivity contribution in [2.75, 3.05) is 0 Å². The van der Waals surface area contributed by atoms with Crippen molar-refractivity contribution in [2.45, 2.75) is 19.8 Å². The number of rotatable bonds is 3. The van der Waals surface area contributed by atoms with Gasteiger partial charge in [0.25, 0.3) is 0 Å². The predicted octanol–water partition coefficient (Wildman–Crippen LogP) is 2.37. The lowest BCUT2D eigenvalue weighted by atomic mass is 10.3. The zero-order valence-corrected chi connectivity index (χ0v) is 11.5. The number of hydrogen-bond acceptors (Lipinski definition) is 4. The number of H-pyrrole nitrogens is 1. The summed E-state index contributed by atoms with van der Waals surface area (Å²) in [6.45, 7) is 1.85. The summed E-state index contributed by atoms with van der Waals surface area (Å²) in [6.07, 6.45) is 1.83. The van der Waals surface area contributed by atoms with Gasteiger partial charge < -0.3 is 9.72 Å². The highest BCUT2D eigenvalue weighted by Crippen LogP contribution is 2.31. The zero-order chi connectivity index (χ0) is 14.4. The van der Waals surface area contributed by atoms with E-state index in [4.69, 9.17) is 4.74 Å². The molecule has 4 rings (SSSR count). The number of imidazole rings is 1. The fourth-order valence-corrected chi connectivity index (χ4v) is 2.25. The first kappa shape index (κ1) is 12.1. The van der Waals surface area contributed by atoms with Gasteiger partial charge in [0.1, 0.15) is 0 Å². The third-order valence-electron chi connectivity index (χ3n) is 3.49. The van der Waals surface area contributed by atoms with E-state index < -0.39 is 0 Å². The molecule has 1 fully saturated rings. The smallest absolute Gasteiger partial charge is 0.315 e. The Labute approximate surface area is 120 Å². The van der Waals surface area contributed by atoms with Gasteiger partial charge in [-0.25, -0.2) is 4.98 Å². The van der Waals surface area contributed by atoms with E-state index in [1.807, 2.05) is 31.2 Å². The van der Waals surface area contributed by atoms with Crippen LogP contribution < -0.4 is 4.74 Å². The molecule has 106 valence electrons. The second-order valence-electron chi connectivity index (χ2n) is 5.31. The Balaban J connectivity index is 1.74. The number of nitrogens with zero attached hydrogens (tertiary/aromatic N) is 3. The van der Waals surface area contributed by atoms with E-state index in [-0.39, 0.29) is 11.9 Å². The Hall–Kier alpha value is -2.63. The molecule has 6 nitrogen and oxygen atoms in total. The van der Waals surface area contributed by atoms with Gasteiger partial charge in [-0.3, -0.25) is 4.79 Å². The molecule has 1 aliphatic carbocycles. The van der Waals surface area contributed by atoms with Crippen LogP contribution in [-0.2, 0) is 4.79 Å². The number of esters is 1. The lowest BCUT2D eigenvalue weighted by Gasteiger charge is -2.04. The van der Waals surface area contributed by atoms with Crippen LogP contribution in [-0.4, -0.2) is 25.7 Å². The highest BCUT2D eigenvalue weighted by Gasteiger charge is 2.32. The number of aromatic nitrogens is 4. The number of para-hydroxylation sites is 2. The largest absolute Gasteiger partial charge is 0.407 e. The van der Waals surface area contributed by atoms with Crippen LogP contribution in [0, 0.1) is 12.8 Å². The average molecular weight is 282 g/mol. The van der Waals surface area contributed by atoms with Crippen LogP contribution in [0.1, 0.15) is 18.5 Å². The molecule has 0 saturated heterocycles. The molecule has 1 N–H and O–H groups in total. The normalized spacial score (nSPS) is 14.5. The van der Waals surface area contributed by atoms with Crippen molar-refractivity contribution in [1.29, 1.82) is 0 Å². The van der Waals surface area contributed by atoms with Crippen LogP contribution in [0.4, 0.5) is 0 Å². The number of benzene rings is 1. The van der Waals surface area contributed by atoms with Crippen LogP contribution >= 0.6 is 0 Å². The van der Waals surface area contributed by atoms with E-state index >= 15 is 0 Å². The molecule has 2 aromatic heterocycles. The number of nitrogens with one attached hydrogen (secondary N) is 1. The fourth-order valence-electron chi connectivity index (χ4n) is 2.25. The summed E-state index contributed by atoms with van der Waals surface area (Å²) in [4.78, 5) is 19.5. The molecule has 0 amide bonds. The molecule has 0 spiro atoms. The van der Waals surface area contributed by atoms with Crippen LogP contribution in [0.5, 0.6) is 5.88 Å². The fraction of sp³-hybridized carbons (Fsp3) is 0.267. The minimum Gasteiger partial charge on any atom is -0.407 e. The minimum absolute atomic E-state index is 0.0457. The number of fused-ring (bicyclic) bond motifs is 1. The molecule has 2 heterocycles. The number of hydrogen-bond donors (Lipinski definition) is 1. The van der Waals surface area contributed by atoms with Gasteiger partial charge in [-0.05, 0) is 31.9 Å². The summed E-state index contributed by atoms with van der Waals surface area (Å²) in [7, 11) is 0. The quantitative estimate of drug-likeness (QED) is 0.748. The maximum Gasteiger partial charge on any atom is 0.315 e. The number of ether oxygens (including phenoxy) is 1. The zero-order valence-electron chi connectivity index (χ0n) is 11.5. The first-order valence-electron chi connectivity index (χ1n) is 6.94. The minimum atomic E-state index is -0.188. The van der Waals surface area contributed by atoms with Crippen LogP contribution in [0.15, 0.2) is 30.3 Å². The topological polar surface area (TPSA) is 72.8 Å². The number of carbonyl (C=O) groups excluding carboxylic acids is 1. The van der Waals surface area contributed by atoms with Crippen LogP contribution in [0.2, 0.25) is 0 Å². The summed E-state index contributed by atoms with van der Waals surface area (Å²) < 4.78 is 6.98. The molecule has 21 heavy (non-hydrogen) atoms. The van der Waals surface area contributed by atoms with E-state index in [1.165, 1.54) is 4.68 Å². The maximum absolute atomic E-state index is 11.8. The van der Waals surface area contributed by atoms with E-state index in [0.29, 0.717) is 11.8 Å². The summed E-state index contributed by atoms with van der Waals surface area (Å²) in [6, 6.07) is 9.47. The lowest BCUT2D eigenvalue weighted by molar-refractivity contribution is -0.136. The van der Waals surface area contributed by atoms with Gasteiger partial charge in [-0.15, -0.1) is 0 Å². The Morgan fingerprint density at radius 1 is 1.38 bits per heavy atom. The molecule has 0 bridgehead atoms. The first-order chi connectivity index (χ1) is 10.2. The van der Waals surface area contributed by atoms with Gasteiger partial charge in [0.05, 0.1) is 22.6 Å². The predicted molar refractivity (Wildman–Crippen MR) is 76.3 cm³/mol. The molecule has 0 atom stereocenters. The van der Waals surface area contributed by atoms with Crippen molar-refractivity contribution in [3.63, 3.8) is 0 Å². The summed E-state index contributed by atoms with van der Waals surface area (Å²) in [5.74, 6) is 0.808. The molecular weight excluding hydrogens is 268 g/mol.